The van der Waals surface area contributed by atoms with Crippen LogP contribution in [0.4, 0.5) is 11.4 Å². The van der Waals surface area contributed by atoms with Crippen LogP contribution < -0.4 is 0 Å². The van der Waals surface area contributed by atoms with Crippen molar-refractivity contribution in [3.63, 3.8) is 0 Å². The first kappa shape index (κ1) is 35.6. The van der Waals surface area contributed by atoms with Gasteiger partial charge in [0.15, 0.2) is 0 Å². The van der Waals surface area contributed by atoms with Crippen molar-refractivity contribution in [2.75, 3.05) is 13.1 Å². The summed E-state index contributed by atoms with van der Waals surface area (Å²) in [5, 5.41) is 9.84. The Hall–Kier alpha value is -1.44. The molecule has 0 unspecified atom stereocenters. The molecule has 2 aromatic rings. The van der Waals surface area contributed by atoms with Crippen LogP contribution >= 0.6 is 0 Å². The third kappa shape index (κ3) is 12.3. The summed E-state index contributed by atoms with van der Waals surface area (Å²) in [5.74, 6) is 2.12. The summed E-state index contributed by atoms with van der Waals surface area (Å²) in [4.78, 5) is 0. The molecule has 3 heteroatoms. The Balaban J connectivity index is 0.000000682. The van der Waals surface area contributed by atoms with E-state index in [1.54, 1.807) is 0 Å². The van der Waals surface area contributed by atoms with Crippen LogP contribution in [0.3, 0.4) is 0 Å². The zero-order chi connectivity index (χ0) is 27.8. The third-order valence-corrected chi connectivity index (χ3v) is 6.11. The second-order valence-corrected chi connectivity index (χ2v) is 13.9. The molecule has 0 fully saturated rings. The zero-order valence-electron chi connectivity index (χ0n) is 26.4. The number of para-hydroxylation sites is 2. The summed E-state index contributed by atoms with van der Waals surface area (Å²) in [7, 11) is 0. The molecule has 2 rings (SSSR count). The van der Waals surface area contributed by atoms with Crippen molar-refractivity contribution < 1.29 is 17.1 Å². The molecule has 0 aliphatic carbocycles. The topological polar surface area (TPSA) is 28.2 Å². The van der Waals surface area contributed by atoms with Gasteiger partial charge in [0.2, 0.25) is 0 Å². The predicted molar refractivity (Wildman–Crippen MR) is 164 cm³/mol. The van der Waals surface area contributed by atoms with Gasteiger partial charge in [-0.05, 0) is 23.7 Å². The molecule has 0 atom stereocenters. The molecule has 0 heterocycles. The predicted octanol–water partition coefficient (Wildman–Crippen LogP) is 12.0. The Labute approximate surface area is 241 Å². The van der Waals surface area contributed by atoms with E-state index in [1.165, 1.54) is 33.6 Å². The van der Waals surface area contributed by atoms with Gasteiger partial charge in [-0.1, -0.05) is 166 Å². The van der Waals surface area contributed by atoms with E-state index in [1.807, 2.05) is 0 Å². The van der Waals surface area contributed by atoms with Gasteiger partial charge < -0.3 is 10.6 Å². The van der Waals surface area contributed by atoms with E-state index in [0.29, 0.717) is 23.7 Å². The summed E-state index contributed by atoms with van der Waals surface area (Å²) < 4.78 is 0. The van der Waals surface area contributed by atoms with E-state index in [-0.39, 0.29) is 27.9 Å². The van der Waals surface area contributed by atoms with Gasteiger partial charge in [-0.15, -0.1) is 24.5 Å². The minimum atomic E-state index is 0. The van der Waals surface area contributed by atoms with Gasteiger partial charge >= 0.3 is 17.1 Å². The first-order valence-electron chi connectivity index (χ1n) is 14.0. The fourth-order valence-corrected chi connectivity index (χ4v) is 4.02. The van der Waals surface area contributed by atoms with Crippen LogP contribution in [-0.2, 0) is 17.1 Å². The average molecular weight is 549 g/mol. The summed E-state index contributed by atoms with van der Waals surface area (Å²) >= 11 is 0. The van der Waals surface area contributed by atoms with Crippen LogP contribution in [-0.4, -0.2) is 13.1 Å². The molecule has 0 aromatic heterocycles. The number of hydrogen-bond acceptors (Lipinski definition) is 0. The summed E-state index contributed by atoms with van der Waals surface area (Å²) in [6.45, 7) is 33.2. The van der Waals surface area contributed by atoms with E-state index < -0.39 is 0 Å². The van der Waals surface area contributed by atoms with Crippen LogP contribution in [0.25, 0.3) is 10.6 Å². The molecule has 2 aromatic carbocycles. The number of rotatable bonds is 8. The van der Waals surface area contributed by atoms with Crippen molar-refractivity contribution in [3.05, 3.63) is 69.3 Å². The molecule has 0 bridgehead atoms. The fourth-order valence-electron chi connectivity index (χ4n) is 4.02. The number of benzene rings is 2. The van der Waals surface area contributed by atoms with Crippen LogP contribution in [0.1, 0.15) is 143 Å². The SMILES string of the molecule is CC(C)c1cccc(C(C)C)c1[N-]CC(C)(C)C.CC(C)c1cccc(C(C)C)c1[N-]CC(C)(C)C.[Fe+2]. The maximum atomic E-state index is 4.92. The van der Waals surface area contributed by atoms with Gasteiger partial charge in [0.05, 0.1) is 0 Å². The van der Waals surface area contributed by atoms with Crippen molar-refractivity contribution in [2.24, 2.45) is 10.8 Å². The fraction of sp³-hybridized carbons (Fsp3) is 0.647. The van der Waals surface area contributed by atoms with Crippen molar-refractivity contribution in [1.82, 2.24) is 0 Å². The molecular formula is C34H56FeN2. The molecule has 0 radical (unpaired) electrons. The number of nitrogens with zero attached hydrogens (tertiary/aromatic N) is 2. The van der Waals surface area contributed by atoms with E-state index in [9.17, 15) is 0 Å². The Morgan fingerprint density at radius 3 is 0.865 bits per heavy atom. The van der Waals surface area contributed by atoms with Crippen LogP contribution in [0.5, 0.6) is 0 Å². The monoisotopic (exact) mass is 548 g/mol. The first-order chi connectivity index (χ1) is 16.4. The van der Waals surface area contributed by atoms with Gasteiger partial charge in [-0.2, -0.15) is 0 Å². The molecule has 210 valence electrons. The molecule has 0 amide bonds. The molecule has 0 spiro atoms. The van der Waals surface area contributed by atoms with Crippen LogP contribution in [0.2, 0.25) is 0 Å². The van der Waals surface area contributed by atoms with Crippen molar-refractivity contribution >= 4 is 11.4 Å². The second kappa shape index (κ2) is 15.2. The van der Waals surface area contributed by atoms with Crippen molar-refractivity contribution in [1.29, 1.82) is 0 Å². The van der Waals surface area contributed by atoms with E-state index in [4.69, 9.17) is 10.6 Å². The minimum Gasteiger partial charge on any atom is -0.683 e. The normalized spacial score (nSPS) is 11.9. The largest absolute Gasteiger partial charge is 2.00 e. The van der Waals surface area contributed by atoms with Gasteiger partial charge in [-0.25, -0.2) is 0 Å². The summed E-state index contributed by atoms with van der Waals surface area (Å²) in [6, 6.07) is 13.2. The van der Waals surface area contributed by atoms with E-state index >= 15 is 0 Å². The first-order valence-corrected chi connectivity index (χ1v) is 14.0. The molecule has 37 heavy (non-hydrogen) atoms. The van der Waals surface area contributed by atoms with Crippen LogP contribution in [0, 0.1) is 10.8 Å². The average Bonchev–Trinajstić information content (AvgIpc) is 2.74. The van der Waals surface area contributed by atoms with Gasteiger partial charge in [0.1, 0.15) is 0 Å². The molecular weight excluding hydrogens is 492 g/mol. The summed E-state index contributed by atoms with van der Waals surface area (Å²) in [6.07, 6.45) is 0. The Morgan fingerprint density at radius 1 is 0.486 bits per heavy atom. The van der Waals surface area contributed by atoms with Crippen LogP contribution in [0.15, 0.2) is 36.4 Å². The maximum Gasteiger partial charge on any atom is 2.00 e. The zero-order valence-corrected chi connectivity index (χ0v) is 27.5. The Morgan fingerprint density at radius 2 is 0.703 bits per heavy atom. The molecule has 0 saturated heterocycles. The Kier molecular flexibility index (Phi) is 14.6. The molecule has 2 nitrogen and oxygen atoms in total. The third-order valence-electron chi connectivity index (χ3n) is 6.11. The molecule has 0 saturated carbocycles. The van der Waals surface area contributed by atoms with Gasteiger partial charge in [-0.3, -0.25) is 0 Å². The molecule has 0 aliphatic heterocycles. The quantitative estimate of drug-likeness (QED) is 0.294. The Bertz CT molecular complexity index is 798. The maximum absolute atomic E-state index is 4.92. The smallest absolute Gasteiger partial charge is 0.683 e. The number of hydrogen-bond donors (Lipinski definition) is 0. The standard InChI is InChI=1S/2C17H28N.Fe/c2*1-12(2)14-9-8-10-15(13(3)4)16(14)18-11-17(5,6)7;/h2*8-10,12-13H,11H2,1-7H3;/q2*-1;+2. The van der Waals surface area contributed by atoms with Gasteiger partial charge in [0, 0.05) is 0 Å². The van der Waals surface area contributed by atoms with Crippen molar-refractivity contribution in [3.8, 4) is 0 Å². The summed E-state index contributed by atoms with van der Waals surface area (Å²) in [5.41, 5.74) is 8.48. The second-order valence-electron chi connectivity index (χ2n) is 13.9. The van der Waals surface area contributed by atoms with Crippen molar-refractivity contribution in [2.45, 2.75) is 121 Å². The van der Waals surface area contributed by atoms with Gasteiger partial charge in [0.25, 0.3) is 0 Å². The van der Waals surface area contributed by atoms with E-state index in [0.717, 1.165) is 13.1 Å². The molecule has 0 aliphatic rings. The molecule has 0 N–H and O–H groups in total. The minimum absolute atomic E-state index is 0. The van der Waals surface area contributed by atoms with E-state index in [2.05, 4.69) is 133 Å².